The van der Waals surface area contributed by atoms with E-state index < -0.39 is 24.1 Å². The van der Waals surface area contributed by atoms with Gasteiger partial charge in [-0.25, -0.2) is 4.79 Å². The summed E-state index contributed by atoms with van der Waals surface area (Å²) in [5, 5.41) is 7.10. The maximum Gasteiger partial charge on any atom is 0.490 e. The Morgan fingerprint density at radius 3 is 2.28 bits per heavy atom. The van der Waals surface area contributed by atoms with Crippen LogP contribution in [-0.2, 0) is 9.53 Å². The third kappa shape index (κ3) is 7.13. The molecule has 0 saturated heterocycles. The van der Waals surface area contributed by atoms with Crippen molar-refractivity contribution in [1.82, 2.24) is 0 Å². The van der Waals surface area contributed by atoms with Gasteiger partial charge in [-0.15, -0.1) is 0 Å². The molecule has 7 heteroatoms. The second-order valence-corrected chi connectivity index (χ2v) is 4.05. The second kappa shape index (κ2) is 7.94. The number of halogens is 3. The van der Waals surface area contributed by atoms with E-state index in [4.69, 9.17) is 11.1 Å². The third-order valence-corrected chi connectivity index (χ3v) is 2.40. The first kappa shape index (κ1) is 16.7. The van der Waals surface area contributed by atoms with Crippen LogP contribution in [0.5, 0.6) is 0 Å². The largest absolute Gasteiger partial charge is 0.490 e. The van der Waals surface area contributed by atoms with Gasteiger partial charge in [0.05, 0.1) is 0 Å². The van der Waals surface area contributed by atoms with Crippen molar-refractivity contribution < 1.29 is 22.7 Å². The van der Waals surface area contributed by atoms with E-state index in [1.54, 1.807) is 0 Å². The normalized spacial score (nSPS) is 13.1. The van der Waals surface area contributed by atoms with Crippen LogP contribution in [0.1, 0.15) is 45.4 Å². The number of hydrogen-bond donors (Lipinski definition) is 2. The molecule has 18 heavy (non-hydrogen) atoms. The number of unbranched alkanes of at least 4 members (excludes halogenated alkanes) is 4. The van der Waals surface area contributed by atoms with E-state index in [1.165, 1.54) is 0 Å². The minimum Gasteiger partial charge on any atom is -0.448 e. The Morgan fingerprint density at radius 2 is 1.83 bits per heavy atom. The van der Waals surface area contributed by atoms with Gasteiger partial charge in [-0.2, -0.15) is 13.2 Å². The van der Waals surface area contributed by atoms with Gasteiger partial charge in [-0.3, -0.25) is 5.41 Å². The monoisotopic (exact) mass is 268 g/mol. The lowest BCUT2D eigenvalue weighted by Gasteiger charge is -2.17. The zero-order valence-corrected chi connectivity index (χ0v) is 10.3. The van der Waals surface area contributed by atoms with Crippen LogP contribution >= 0.6 is 0 Å². The van der Waals surface area contributed by atoms with Crippen LogP contribution in [0.2, 0.25) is 0 Å². The van der Waals surface area contributed by atoms with Crippen molar-refractivity contribution in [2.75, 3.05) is 0 Å². The van der Waals surface area contributed by atoms with Gasteiger partial charge in [-0.1, -0.05) is 32.6 Å². The quantitative estimate of drug-likeness (QED) is 0.307. The fourth-order valence-electron chi connectivity index (χ4n) is 1.41. The molecule has 106 valence electrons. The highest BCUT2D eigenvalue weighted by Crippen LogP contribution is 2.19. The molecule has 0 aliphatic heterocycles. The Balaban J connectivity index is 4.09. The van der Waals surface area contributed by atoms with Gasteiger partial charge < -0.3 is 10.5 Å². The maximum absolute atomic E-state index is 12.0. The lowest BCUT2D eigenvalue weighted by Crippen LogP contribution is -2.37. The molecule has 0 bridgehead atoms. The van der Waals surface area contributed by atoms with Crippen molar-refractivity contribution in [3.05, 3.63) is 0 Å². The molecule has 0 saturated carbocycles. The minimum atomic E-state index is -5.05. The summed E-state index contributed by atoms with van der Waals surface area (Å²) in [5.74, 6) is -2.85. The van der Waals surface area contributed by atoms with Gasteiger partial charge in [0.2, 0.25) is 0 Å². The Hall–Kier alpha value is -1.27. The van der Waals surface area contributed by atoms with Gasteiger partial charge in [-0.05, 0) is 12.8 Å². The van der Waals surface area contributed by atoms with E-state index in [0.717, 1.165) is 25.7 Å². The van der Waals surface area contributed by atoms with Crippen molar-refractivity contribution in [2.45, 2.75) is 57.7 Å². The van der Waals surface area contributed by atoms with Crippen molar-refractivity contribution in [3.63, 3.8) is 0 Å². The van der Waals surface area contributed by atoms with Gasteiger partial charge >= 0.3 is 12.1 Å². The smallest absolute Gasteiger partial charge is 0.448 e. The zero-order valence-electron chi connectivity index (χ0n) is 10.3. The van der Waals surface area contributed by atoms with E-state index >= 15 is 0 Å². The number of carbonyl (C=O) groups is 1. The van der Waals surface area contributed by atoms with E-state index in [1.807, 2.05) is 6.92 Å². The van der Waals surface area contributed by atoms with Gasteiger partial charge in [0.1, 0.15) is 5.84 Å². The Kier molecular flexibility index (Phi) is 7.38. The lowest BCUT2D eigenvalue weighted by molar-refractivity contribution is -0.202. The lowest BCUT2D eigenvalue weighted by atomic mass is 10.1. The molecule has 0 radical (unpaired) electrons. The van der Waals surface area contributed by atoms with Gasteiger partial charge in [0, 0.05) is 0 Å². The highest BCUT2D eigenvalue weighted by Gasteiger charge is 2.42. The number of nitrogens with two attached hydrogens (primary N) is 1. The molecule has 0 heterocycles. The molecule has 0 fully saturated rings. The van der Waals surface area contributed by atoms with Crippen LogP contribution in [0.4, 0.5) is 13.2 Å². The average Bonchev–Trinajstić information content (AvgIpc) is 2.25. The third-order valence-electron chi connectivity index (χ3n) is 2.40. The van der Waals surface area contributed by atoms with Crippen LogP contribution in [0, 0.1) is 5.41 Å². The van der Waals surface area contributed by atoms with Crippen LogP contribution < -0.4 is 5.73 Å². The molecule has 0 aromatic rings. The second-order valence-electron chi connectivity index (χ2n) is 4.05. The predicted molar refractivity (Wildman–Crippen MR) is 61.2 cm³/mol. The topological polar surface area (TPSA) is 76.2 Å². The molecule has 0 aromatic heterocycles. The van der Waals surface area contributed by atoms with E-state index in [0.29, 0.717) is 6.42 Å². The van der Waals surface area contributed by atoms with Gasteiger partial charge in [0.15, 0.2) is 6.10 Å². The van der Waals surface area contributed by atoms with Crippen molar-refractivity contribution in [2.24, 2.45) is 5.73 Å². The molecule has 1 atom stereocenters. The first-order valence-electron chi connectivity index (χ1n) is 5.90. The number of hydrogen-bond acceptors (Lipinski definition) is 3. The van der Waals surface area contributed by atoms with Crippen LogP contribution in [0.25, 0.3) is 0 Å². The Bertz CT molecular complexity index is 280. The summed E-state index contributed by atoms with van der Waals surface area (Å²) in [6.45, 7) is 2.05. The maximum atomic E-state index is 12.0. The number of alkyl halides is 3. The minimum absolute atomic E-state index is 0.154. The molecule has 0 rings (SSSR count). The number of esters is 1. The molecule has 0 amide bonds. The highest BCUT2D eigenvalue weighted by atomic mass is 19.4. The van der Waals surface area contributed by atoms with Crippen LogP contribution in [0.15, 0.2) is 0 Å². The molecule has 4 nitrogen and oxygen atoms in total. The summed E-state index contributed by atoms with van der Waals surface area (Å²) in [6, 6.07) is 0. The van der Waals surface area contributed by atoms with Crippen molar-refractivity contribution >= 4 is 11.8 Å². The van der Waals surface area contributed by atoms with Gasteiger partial charge in [0.25, 0.3) is 0 Å². The average molecular weight is 268 g/mol. The molecule has 0 aliphatic rings. The molecule has 0 aliphatic carbocycles. The number of carbonyl (C=O) groups excluding carboxylic acids is 1. The molecule has 3 N–H and O–H groups in total. The molecular formula is C11H19F3N2O2. The SMILES string of the molecule is CCCCCCCC(OC(=O)C(F)(F)F)C(=N)N. The Labute approximate surface area is 104 Å². The van der Waals surface area contributed by atoms with Crippen LogP contribution in [0.3, 0.4) is 0 Å². The van der Waals surface area contributed by atoms with Crippen molar-refractivity contribution in [3.8, 4) is 0 Å². The first-order chi connectivity index (χ1) is 8.29. The fourth-order valence-corrected chi connectivity index (χ4v) is 1.41. The van der Waals surface area contributed by atoms with Crippen LogP contribution in [-0.4, -0.2) is 24.1 Å². The molecule has 0 aromatic carbocycles. The summed E-state index contributed by atoms with van der Waals surface area (Å²) in [4.78, 5) is 10.6. The summed E-state index contributed by atoms with van der Waals surface area (Å²) < 4.78 is 40.1. The summed E-state index contributed by atoms with van der Waals surface area (Å²) in [7, 11) is 0. The summed E-state index contributed by atoms with van der Waals surface area (Å²) >= 11 is 0. The summed E-state index contributed by atoms with van der Waals surface area (Å²) in [5.41, 5.74) is 5.11. The number of rotatable bonds is 8. The first-order valence-corrected chi connectivity index (χ1v) is 5.90. The highest BCUT2D eigenvalue weighted by molar-refractivity contribution is 5.85. The number of nitrogens with one attached hydrogen (secondary N) is 1. The Morgan fingerprint density at radius 1 is 1.28 bits per heavy atom. The fraction of sp³-hybridized carbons (Fsp3) is 0.818. The standard InChI is InChI=1S/C11H19F3N2O2/c1-2-3-4-5-6-7-8(9(15)16)18-10(17)11(12,13)14/h8H,2-7H2,1H3,(H3,15,16). The molecular weight excluding hydrogens is 249 g/mol. The van der Waals surface area contributed by atoms with E-state index in [9.17, 15) is 18.0 Å². The van der Waals surface area contributed by atoms with E-state index in [2.05, 4.69) is 4.74 Å². The summed E-state index contributed by atoms with van der Waals surface area (Å²) in [6.07, 6.45) is -1.70. The van der Waals surface area contributed by atoms with Crippen molar-refractivity contribution in [1.29, 1.82) is 5.41 Å². The van der Waals surface area contributed by atoms with E-state index in [-0.39, 0.29) is 6.42 Å². The number of amidine groups is 1. The zero-order chi connectivity index (χ0) is 14.2. The number of ether oxygens (including phenoxy) is 1. The molecule has 0 spiro atoms. The molecule has 1 unspecified atom stereocenters. The predicted octanol–water partition coefficient (Wildman–Crippen LogP) is 2.76.